The second kappa shape index (κ2) is 5.92. The number of nitrogens with zero attached hydrogens (tertiary/aromatic N) is 3. The fourth-order valence-electron chi connectivity index (χ4n) is 2.62. The van der Waals surface area contributed by atoms with E-state index in [0.29, 0.717) is 0 Å². The lowest BCUT2D eigenvalue weighted by molar-refractivity contribution is -0.147. The number of hydrogen-bond donors (Lipinski definition) is 0. The van der Waals surface area contributed by atoms with E-state index in [1.165, 1.54) is 7.11 Å². The van der Waals surface area contributed by atoms with E-state index in [9.17, 15) is 4.79 Å². The van der Waals surface area contributed by atoms with Gasteiger partial charge in [0.25, 0.3) is 0 Å². The van der Waals surface area contributed by atoms with Crippen LogP contribution in [0.15, 0.2) is 0 Å². The Morgan fingerprint density at radius 1 is 1.58 bits per heavy atom. The number of esters is 1. The number of halogens is 1. The highest BCUT2D eigenvalue weighted by molar-refractivity contribution is 6.31. The highest BCUT2D eigenvalue weighted by Gasteiger charge is 2.27. The standard InChI is InChI=1S/C13H20ClN3O2/c1-9-12(14)11(16(2)15-9)8-17-6-4-5-10(7-17)13(18)19-3/h10H,4-8H2,1-3H3/t10-/m0/s1. The summed E-state index contributed by atoms with van der Waals surface area (Å²) in [5.74, 6) is -0.135. The molecule has 19 heavy (non-hydrogen) atoms. The summed E-state index contributed by atoms with van der Waals surface area (Å²) in [5, 5.41) is 5.04. The Labute approximate surface area is 118 Å². The largest absolute Gasteiger partial charge is 0.469 e. The molecule has 0 N–H and O–H groups in total. The smallest absolute Gasteiger partial charge is 0.309 e. The predicted octanol–water partition coefficient (Wildman–Crippen LogP) is 1.77. The van der Waals surface area contributed by atoms with Crippen LogP contribution in [-0.2, 0) is 23.1 Å². The summed E-state index contributed by atoms with van der Waals surface area (Å²) in [6.45, 7) is 4.34. The SMILES string of the molecule is COC(=O)[C@H]1CCCN(Cc2c(Cl)c(C)nn2C)C1. The van der Waals surface area contributed by atoms with E-state index in [1.54, 1.807) is 0 Å². The molecule has 0 saturated carbocycles. The van der Waals surface area contributed by atoms with Crippen molar-refractivity contribution in [2.24, 2.45) is 13.0 Å². The third kappa shape index (κ3) is 3.09. The van der Waals surface area contributed by atoms with E-state index in [1.807, 2.05) is 18.7 Å². The summed E-state index contributed by atoms with van der Waals surface area (Å²) in [6, 6.07) is 0. The fraction of sp³-hybridized carbons (Fsp3) is 0.692. The number of aryl methyl sites for hydroxylation is 2. The fourth-order valence-corrected chi connectivity index (χ4v) is 2.84. The van der Waals surface area contributed by atoms with Gasteiger partial charge in [-0.05, 0) is 26.3 Å². The second-order valence-electron chi connectivity index (χ2n) is 5.07. The van der Waals surface area contributed by atoms with Gasteiger partial charge in [0, 0.05) is 20.1 Å². The number of ether oxygens (including phenoxy) is 1. The highest BCUT2D eigenvalue weighted by Crippen LogP contribution is 2.24. The van der Waals surface area contributed by atoms with Crippen molar-refractivity contribution in [2.75, 3.05) is 20.2 Å². The number of rotatable bonds is 3. The van der Waals surface area contributed by atoms with Gasteiger partial charge in [0.05, 0.1) is 29.4 Å². The second-order valence-corrected chi connectivity index (χ2v) is 5.45. The minimum Gasteiger partial charge on any atom is -0.469 e. The first-order chi connectivity index (χ1) is 9.02. The number of aromatic nitrogens is 2. The molecule has 0 unspecified atom stereocenters. The van der Waals surface area contributed by atoms with Gasteiger partial charge in [-0.2, -0.15) is 5.10 Å². The first-order valence-electron chi connectivity index (χ1n) is 6.51. The Morgan fingerprint density at radius 3 is 2.89 bits per heavy atom. The van der Waals surface area contributed by atoms with Crippen LogP contribution in [-0.4, -0.2) is 40.8 Å². The Kier molecular flexibility index (Phi) is 4.47. The Bertz CT molecular complexity index is 473. The van der Waals surface area contributed by atoms with Gasteiger partial charge in [0.1, 0.15) is 0 Å². The molecular formula is C13H20ClN3O2. The van der Waals surface area contributed by atoms with Gasteiger partial charge >= 0.3 is 5.97 Å². The number of carbonyl (C=O) groups is 1. The Hall–Kier alpha value is -1.07. The van der Waals surface area contributed by atoms with Crippen LogP contribution in [0.25, 0.3) is 0 Å². The summed E-state index contributed by atoms with van der Waals surface area (Å²) in [4.78, 5) is 13.9. The van der Waals surface area contributed by atoms with Crippen molar-refractivity contribution in [1.82, 2.24) is 14.7 Å². The quantitative estimate of drug-likeness (QED) is 0.794. The van der Waals surface area contributed by atoms with Gasteiger partial charge in [-0.25, -0.2) is 0 Å². The highest BCUT2D eigenvalue weighted by atomic mass is 35.5. The van der Waals surface area contributed by atoms with Gasteiger partial charge < -0.3 is 4.74 Å². The molecule has 1 atom stereocenters. The van der Waals surface area contributed by atoms with Crippen molar-refractivity contribution >= 4 is 17.6 Å². The van der Waals surface area contributed by atoms with Crippen molar-refractivity contribution in [3.63, 3.8) is 0 Å². The van der Waals surface area contributed by atoms with Crippen LogP contribution >= 0.6 is 11.6 Å². The first-order valence-corrected chi connectivity index (χ1v) is 6.89. The van der Waals surface area contributed by atoms with E-state index in [-0.39, 0.29) is 11.9 Å². The average molecular weight is 286 g/mol. The number of hydrogen-bond acceptors (Lipinski definition) is 4. The third-order valence-electron chi connectivity index (χ3n) is 3.68. The summed E-state index contributed by atoms with van der Waals surface area (Å²) < 4.78 is 6.65. The minimum absolute atomic E-state index is 0.0214. The van der Waals surface area contributed by atoms with Crippen molar-refractivity contribution in [2.45, 2.75) is 26.3 Å². The zero-order chi connectivity index (χ0) is 14.0. The molecule has 0 aromatic carbocycles. The molecule has 106 valence electrons. The van der Waals surface area contributed by atoms with Gasteiger partial charge in [-0.1, -0.05) is 11.6 Å². The molecule has 1 fully saturated rings. The van der Waals surface area contributed by atoms with Crippen LogP contribution in [0.3, 0.4) is 0 Å². The van der Waals surface area contributed by atoms with Crippen LogP contribution in [0.5, 0.6) is 0 Å². The maximum atomic E-state index is 11.6. The van der Waals surface area contributed by atoms with E-state index in [0.717, 1.165) is 48.9 Å². The normalized spacial score (nSPS) is 20.5. The molecule has 2 heterocycles. The molecule has 1 aromatic rings. The summed E-state index contributed by atoms with van der Waals surface area (Å²) in [7, 11) is 3.35. The molecule has 5 nitrogen and oxygen atoms in total. The monoisotopic (exact) mass is 285 g/mol. The van der Waals surface area contributed by atoms with Gasteiger partial charge in [-0.3, -0.25) is 14.4 Å². The van der Waals surface area contributed by atoms with E-state index in [2.05, 4.69) is 10.00 Å². The van der Waals surface area contributed by atoms with Crippen molar-refractivity contribution in [3.05, 3.63) is 16.4 Å². The summed E-state index contributed by atoms with van der Waals surface area (Å²) >= 11 is 6.26. The Balaban J connectivity index is 2.04. The molecule has 0 amide bonds. The van der Waals surface area contributed by atoms with Gasteiger partial charge in [0.2, 0.25) is 0 Å². The molecule has 1 aliphatic rings. The summed E-state index contributed by atoms with van der Waals surface area (Å²) in [5.41, 5.74) is 1.85. The van der Waals surface area contributed by atoms with Crippen LogP contribution in [0, 0.1) is 12.8 Å². The minimum atomic E-state index is -0.114. The molecule has 1 aliphatic heterocycles. The molecule has 0 spiro atoms. The average Bonchev–Trinajstić information content (AvgIpc) is 2.65. The van der Waals surface area contributed by atoms with Crippen LogP contribution in [0.4, 0.5) is 0 Å². The van der Waals surface area contributed by atoms with Crippen molar-refractivity contribution in [1.29, 1.82) is 0 Å². The number of likely N-dealkylation sites (tertiary alicyclic amines) is 1. The molecule has 2 rings (SSSR count). The molecule has 0 bridgehead atoms. The molecule has 1 aromatic heterocycles. The number of carbonyl (C=O) groups excluding carboxylic acids is 1. The topological polar surface area (TPSA) is 47.4 Å². The van der Waals surface area contributed by atoms with E-state index < -0.39 is 0 Å². The van der Waals surface area contributed by atoms with E-state index >= 15 is 0 Å². The van der Waals surface area contributed by atoms with Crippen LogP contribution < -0.4 is 0 Å². The number of methoxy groups -OCH3 is 1. The zero-order valence-electron chi connectivity index (χ0n) is 11.6. The van der Waals surface area contributed by atoms with Crippen LogP contribution in [0.1, 0.15) is 24.2 Å². The van der Waals surface area contributed by atoms with Gasteiger partial charge in [-0.15, -0.1) is 0 Å². The lowest BCUT2D eigenvalue weighted by Gasteiger charge is -2.31. The van der Waals surface area contributed by atoms with Crippen molar-refractivity contribution in [3.8, 4) is 0 Å². The maximum absolute atomic E-state index is 11.6. The third-order valence-corrected chi connectivity index (χ3v) is 4.17. The molecule has 6 heteroatoms. The van der Waals surface area contributed by atoms with E-state index in [4.69, 9.17) is 16.3 Å². The van der Waals surface area contributed by atoms with Crippen LogP contribution in [0.2, 0.25) is 5.02 Å². The summed E-state index contributed by atoms with van der Waals surface area (Å²) in [6.07, 6.45) is 1.91. The maximum Gasteiger partial charge on any atom is 0.309 e. The Morgan fingerprint density at radius 2 is 2.32 bits per heavy atom. The molecular weight excluding hydrogens is 266 g/mol. The number of piperidine rings is 1. The molecule has 0 aliphatic carbocycles. The van der Waals surface area contributed by atoms with Crippen molar-refractivity contribution < 1.29 is 9.53 Å². The molecule has 1 saturated heterocycles. The van der Waals surface area contributed by atoms with Gasteiger partial charge in [0.15, 0.2) is 0 Å². The first kappa shape index (κ1) is 14.3. The lowest BCUT2D eigenvalue weighted by Crippen LogP contribution is -2.39. The lowest BCUT2D eigenvalue weighted by atomic mass is 9.98. The molecule has 0 radical (unpaired) electrons. The zero-order valence-corrected chi connectivity index (χ0v) is 12.4. The predicted molar refractivity (Wildman–Crippen MR) is 73.0 cm³/mol.